The van der Waals surface area contributed by atoms with Crippen molar-refractivity contribution in [2.45, 2.75) is 31.3 Å². The molecule has 0 saturated carbocycles. The van der Waals surface area contributed by atoms with Crippen LogP contribution < -0.4 is 4.74 Å². The molecule has 0 aliphatic carbocycles. The zero-order valence-corrected chi connectivity index (χ0v) is 12.6. The first-order chi connectivity index (χ1) is 8.97. The number of ether oxygens (including phenoxy) is 2. The van der Waals surface area contributed by atoms with Crippen LogP contribution in [0.15, 0.2) is 18.2 Å². The van der Waals surface area contributed by atoms with Gasteiger partial charge in [-0.05, 0) is 13.0 Å². The minimum Gasteiger partial charge on any atom is -0.496 e. The SMILES string of the molecule is COC(=O)CC(C)S(=O)Cc1cc(C)ccc1OC. The highest BCUT2D eigenvalue weighted by molar-refractivity contribution is 7.84. The molecule has 0 heterocycles. The van der Waals surface area contributed by atoms with Crippen molar-refractivity contribution in [2.75, 3.05) is 14.2 Å². The van der Waals surface area contributed by atoms with E-state index in [0.29, 0.717) is 5.75 Å². The smallest absolute Gasteiger partial charge is 0.306 e. The Morgan fingerprint density at radius 1 is 1.37 bits per heavy atom. The van der Waals surface area contributed by atoms with E-state index in [4.69, 9.17) is 4.74 Å². The molecule has 0 aliphatic heterocycles. The molecule has 2 atom stereocenters. The van der Waals surface area contributed by atoms with Crippen LogP contribution in [0.4, 0.5) is 0 Å². The van der Waals surface area contributed by atoms with Crippen molar-refractivity contribution in [3.63, 3.8) is 0 Å². The summed E-state index contributed by atoms with van der Waals surface area (Å²) >= 11 is 0. The van der Waals surface area contributed by atoms with Crippen LogP contribution in [0.3, 0.4) is 0 Å². The number of aryl methyl sites for hydroxylation is 1. The van der Waals surface area contributed by atoms with Crippen molar-refractivity contribution in [1.82, 2.24) is 0 Å². The van der Waals surface area contributed by atoms with Gasteiger partial charge in [-0.2, -0.15) is 0 Å². The van der Waals surface area contributed by atoms with Crippen molar-refractivity contribution >= 4 is 16.8 Å². The predicted octanol–water partition coefficient (Wildman–Crippen LogP) is 2.20. The van der Waals surface area contributed by atoms with Gasteiger partial charge in [-0.25, -0.2) is 0 Å². The number of rotatable bonds is 6. The monoisotopic (exact) mass is 284 g/mol. The summed E-state index contributed by atoms with van der Waals surface area (Å²) in [5, 5.41) is -0.238. The highest BCUT2D eigenvalue weighted by atomic mass is 32.2. The number of carbonyl (C=O) groups excluding carboxylic acids is 1. The van der Waals surface area contributed by atoms with Crippen LogP contribution in [0.5, 0.6) is 5.75 Å². The van der Waals surface area contributed by atoms with E-state index < -0.39 is 10.8 Å². The molecule has 0 saturated heterocycles. The largest absolute Gasteiger partial charge is 0.496 e. The lowest BCUT2D eigenvalue weighted by Crippen LogP contribution is -2.18. The van der Waals surface area contributed by atoms with Gasteiger partial charge >= 0.3 is 5.97 Å². The normalized spacial score (nSPS) is 13.7. The van der Waals surface area contributed by atoms with Crippen LogP contribution in [0.1, 0.15) is 24.5 Å². The second-order valence-corrected chi connectivity index (χ2v) is 6.29. The quantitative estimate of drug-likeness (QED) is 0.752. The lowest BCUT2D eigenvalue weighted by Gasteiger charge is -2.13. The molecule has 5 heteroatoms. The maximum atomic E-state index is 12.2. The van der Waals surface area contributed by atoms with Crippen LogP contribution in [0.2, 0.25) is 0 Å². The third kappa shape index (κ3) is 4.67. The van der Waals surface area contributed by atoms with Gasteiger partial charge in [-0.1, -0.05) is 24.6 Å². The lowest BCUT2D eigenvalue weighted by atomic mass is 10.1. The molecule has 0 amide bonds. The van der Waals surface area contributed by atoms with Crippen LogP contribution in [-0.2, 0) is 26.1 Å². The highest BCUT2D eigenvalue weighted by Gasteiger charge is 2.17. The van der Waals surface area contributed by atoms with Crippen LogP contribution in [0, 0.1) is 6.92 Å². The second-order valence-electron chi connectivity index (χ2n) is 4.43. The number of methoxy groups -OCH3 is 2. The maximum absolute atomic E-state index is 12.2. The molecular formula is C14H20O4S. The van der Waals surface area contributed by atoms with Gasteiger partial charge in [0.1, 0.15) is 5.75 Å². The fourth-order valence-electron chi connectivity index (χ4n) is 1.73. The third-order valence-electron chi connectivity index (χ3n) is 2.86. The van der Waals surface area contributed by atoms with E-state index in [2.05, 4.69) is 4.74 Å². The maximum Gasteiger partial charge on any atom is 0.306 e. The Kier molecular flexibility index (Phi) is 6.02. The predicted molar refractivity (Wildman–Crippen MR) is 75.7 cm³/mol. The number of carbonyl (C=O) groups is 1. The molecule has 0 N–H and O–H groups in total. The van der Waals surface area contributed by atoms with Crippen LogP contribution in [0.25, 0.3) is 0 Å². The Hall–Kier alpha value is -1.36. The van der Waals surface area contributed by atoms with E-state index in [1.165, 1.54) is 7.11 Å². The molecule has 0 radical (unpaired) electrons. The van der Waals surface area contributed by atoms with E-state index in [1.54, 1.807) is 14.0 Å². The number of hydrogen-bond acceptors (Lipinski definition) is 4. The van der Waals surface area contributed by atoms with Crippen molar-refractivity contribution in [2.24, 2.45) is 0 Å². The first-order valence-electron chi connectivity index (χ1n) is 6.05. The standard InChI is InChI=1S/C14H20O4S/c1-10-5-6-13(17-3)12(7-10)9-19(16)11(2)8-14(15)18-4/h5-7,11H,8-9H2,1-4H3. The minimum atomic E-state index is -1.14. The average molecular weight is 284 g/mol. The van der Waals surface area contributed by atoms with E-state index >= 15 is 0 Å². The summed E-state index contributed by atoms with van der Waals surface area (Å²) in [5.74, 6) is 0.768. The molecule has 0 aromatic heterocycles. The Morgan fingerprint density at radius 3 is 2.63 bits per heavy atom. The van der Waals surface area contributed by atoms with E-state index in [1.807, 2.05) is 25.1 Å². The van der Waals surface area contributed by atoms with E-state index in [-0.39, 0.29) is 17.6 Å². The summed E-state index contributed by atoms with van der Waals surface area (Å²) in [4.78, 5) is 11.2. The molecule has 0 aliphatic rings. The Bertz CT molecular complexity index is 471. The summed E-state index contributed by atoms with van der Waals surface area (Å²) in [6.07, 6.45) is 0.164. The van der Waals surface area contributed by atoms with Crippen molar-refractivity contribution in [3.05, 3.63) is 29.3 Å². The lowest BCUT2D eigenvalue weighted by molar-refractivity contribution is -0.140. The van der Waals surface area contributed by atoms with Crippen molar-refractivity contribution in [1.29, 1.82) is 0 Å². The summed E-state index contributed by atoms with van der Waals surface area (Å²) in [6, 6.07) is 5.78. The molecule has 0 spiro atoms. The van der Waals surface area contributed by atoms with Crippen molar-refractivity contribution in [3.8, 4) is 5.75 Å². The molecule has 2 unspecified atom stereocenters. The van der Waals surface area contributed by atoms with Gasteiger partial charge in [0, 0.05) is 21.6 Å². The molecule has 4 nitrogen and oxygen atoms in total. The number of esters is 1. The van der Waals surface area contributed by atoms with Gasteiger partial charge in [-0.15, -0.1) is 0 Å². The topological polar surface area (TPSA) is 52.6 Å². The van der Waals surface area contributed by atoms with Gasteiger partial charge in [-0.3, -0.25) is 9.00 Å². The first kappa shape index (κ1) is 15.7. The van der Waals surface area contributed by atoms with E-state index in [9.17, 15) is 9.00 Å². The van der Waals surface area contributed by atoms with Gasteiger partial charge in [0.2, 0.25) is 0 Å². The third-order valence-corrected chi connectivity index (χ3v) is 4.52. The molecule has 106 valence electrons. The van der Waals surface area contributed by atoms with Gasteiger partial charge in [0.05, 0.1) is 26.4 Å². The molecule has 0 bridgehead atoms. The Morgan fingerprint density at radius 2 is 2.05 bits per heavy atom. The van der Waals surface area contributed by atoms with E-state index in [0.717, 1.165) is 16.9 Å². The van der Waals surface area contributed by atoms with Crippen LogP contribution >= 0.6 is 0 Å². The van der Waals surface area contributed by atoms with Gasteiger partial charge < -0.3 is 9.47 Å². The minimum absolute atomic E-state index is 0.164. The average Bonchev–Trinajstić information content (AvgIpc) is 2.38. The Labute approximate surface area is 116 Å². The first-order valence-corrected chi connectivity index (χ1v) is 7.43. The fourth-order valence-corrected chi connectivity index (χ4v) is 2.87. The van der Waals surface area contributed by atoms with Crippen molar-refractivity contribution < 1.29 is 18.5 Å². The molecule has 1 aromatic rings. The summed E-state index contributed by atoms with van der Waals surface area (Å²) in [6.45, 7) is 3.76. The highest BCUT2D eigenvalue weighted by Crippen LogP contribution is 2.22. The van der Waals surface area contributed by atoms with Gasteiger partial charge in [0.15, 0.2) is 0 Å². The zero-order chi connectivity index (χ0) is 14.4. The molecule has 1 aromatic carbocycles. The van der Waals surface area contributed by atoms with Gasteiger partial charge in [0.25, 0.3) is 0 Å². The molecule has 1 rings (SSSR count). The zero-order valence-electron chi connectivity index (χ0n) is 11.8. The summed E-state index contributed by atoms with van der Waals surface area (Å²) in [5.41, 5.74) is 1.99. The summed E-state index contributed by atoms with van der Waals surface area (Å²) < 4.78 is 22.0. The Balaban J connectivity index is 2.76. The molecule has 19 heavy (non-hydrogen) atoms. The second kappa shape index (κ2) is 7.28. The number of benzene rings is 1. The number of hydrogen-bond donors (Lipinski definition) is 0. The fraction of sp³-hybridized carbons (Fsp3) is 0.500. The summed E-state index contributed by atoms with van der Waals surface area (Å²) in [7, 11) is 1.79. The molecule has 0 fully saturated rings. The molecular weight excluding hydrogens is 264 g/mol. The van der Waals surface area contributed by atoms with Crippen LogP contribution in [-0.4, -0.2) is 29.6 Å².